The number of nitrogens with zero attached hydrogens (tertiary/aromatic N) is 14. The molecular weight excluding hydrogens is 1600 g/mol. The van der Waals surface area contributed by atoms with Gasteiger partial charge < -0.3 is 39.9 Å². The van der Waals surface area contributed by atoms with Crippen LogP contribution in [0.2, 0.25) is 0 Å². The summed E-state index contributed by atoms with van der Waals surface area (Å²) in [6, 6.07) is 61.1. The zero-order valence-electron chi connectivity index (χ0n) is 62.7. The van der Waals surface area contributed by atoms with Crippen molar-refractivity contribution in [1.82, 2.24) is 95.8 Å². The van der Waals surface area contributed by atoms with Gasteiger partial charge in [-0.05, 0) is 113 Å². The maximum absolute atomic E-state index is 13.1. The molecule has 9 N–H and O–H groups in total. The highest BCUT2D eigenvalue weighted by Gasteiger charge is 2.24. The van der Waals surface area contributed by atoms with Crippen LogP contribution in [-0.4, -0.2) is 127 Å². The first-order chi connectivity index (χ1) is 58.4. The van der Waals surface area contributed by atoms with Crippen molar-refractivity contribution in [2.24, 2.45) is 0 Å². The fraction of sp³-hybridized carbons (Fsp3) is 0.0714. The summed E-state index contributed by atoms with van der Waals surface area (Å²) in [5.74, 6) is 3.60. The number of thioether (sulfide) groups is 4. The third kappa shape index (κ3) is 19.4. The van der Waals surface area contributed by atoms with E-state index in [0.29, 0.717) is 73.3 Å². The summed E-state index contributed by atoms with van der Waals surface area (Å²) in [6.45, 7) is 1.74. The van der Waals surface area contributed by atoms with Crippen molar-refractivity contribution >= 4 is 160 Å². The van der Waals surface area contributed by atoms with Crippen molar-refractivity contribution in [3.63, 3.8) is 0 Å². The van der Waals surface area contributed by atoms with E-state index >= 15 is 0 Å². The molecule has 0 radical (unpaired) electrons. The number of methoxy groups -OCH3 is 1. The van der Waals surface area contributed by atoms with Crippen LogP contribution in [0.3, 0.4) is 0 Å². The largest absolute Gasteiger partial charge is 0.497 e. The first-order valence-electron chi connectivity index (χ1n) is 36.3. The van der Waals surface area contributed by atoms with Crippen LogP contribution in [0.15, 0.2) is 285 Å². The molecule has 0 fully saturated rings. The number of anilines is 4. The molecule has 588 valence electrons. The Kier molecular flexibility index (Phi) is 24.6. The molecule has 12 heterocycles. The van der Waals surface area contributed by atoms with E-state index in [9.17, 15) is 19.2 Å². The van der Waals surface area contributed by atoms with Crippen LogP contribution in [0.1, 0.15) is 69.0 Å². The van der Waals surface area contributed by atoms with E-state index in [-0.39, 0.29) is 29.3 Å². The number of nitrogens with one attached hydrogen (secondary N) is 9. The number of aromatic amines is 5. The minimum absolute atomic E-state index is 0.0873. The number of ether oxygens (including phenoxy) is 1. The molecule has 0 bridgehead atoms. The second kappa shape index (κ2) is 37.4. The molecule has 4 amide bonds. The fourth-order valence-electron chi connectivity index (χ4n) is 12.2. The quantitative estimate of drug-likeness (QED) is 0.0212. The first-order valence-corrected chi connectivity index (χ1v) is 41.2. The highest BCUT2D eigenvalue weighted by atomic mass is 32.2. The lowest BCUT2D eigenvalue weighted by Crippen LogP contribution is -2.13. The van der Waals surface area contributed by atoms with E-state index in [4.69, 9.17) is 13.7 Å². The minimum Gasteiger partial charge on any atom is -0.497 e. The summed E-state index contributed by atoms with van der Waals surface area (Å²) < 4.78 is 16.0. The van der Waals surface area contributed by atoms with Gasteiger partial charge in [-0.2, -0.15) is 20.4 Å². The number of thiophene rings is 1. The zero-order valence-corrected chi connectivity index (χ0v) is 66.8. The number of carbonyl (C=O) groups is 4. The van der Waals surface area contributed by atoms with Crippen molar-refractivity contribution in [2.75, 3.05) is 28.4 Å². The number of rotatable bonds is 23. The van der Waals surface area contributed by atoms with Gasteiger partial charge in [0.15, 0.2) is 40.4 Å². The Bertz CT molecular complexity index is 6750. The molecule has 0 atom stereocenters. The number of aromatic nitrogens is 19. The van der Waals surface area contributed by atoms with E-state index < -0.39 is 0 Å². The molecule has 0 aliphatic heterocycles. The Labute approximate surface area is 696 Å². The van der Waals surface area contributed by atoms with E-state index in [1.807, 2.05) is 200 Å². The third-order valence-electron chi connectivity index (χ3n) is 17.9. The lowest BCUT2D eigenvalue weighted by molar-refractivity contribution is 0.101. The Hall–Kier alpha value is -14.5. The highest BCUT2D eigenvalue weighted by Crippen LogP contribution is 2.34. The zero-order chi connectivity index (χ0) is 81.2. The third-order valence-corrected chi connectivity index (χ3v) is 23.0. The molecule has 0 unspecified atom stereocenters. The van der Waals surface area contributed by atoms with Gasteiger partial charge in [-0.15, -0.1) is 58.4 Å². The predicted molar refractivity (Wildman–Crippen MR) is 460 cm³/mol. The van der Waals surface area contributed by atoms with Gasteiger partial charge in [-0.3, -0.25) is 39.6 Å². The number of hydrogen-bond acceptors (Lipinski definition) is 26. The second-order valence-corrected chi connectivity index (χ2v) is 30.7. The molecule has 7 aromatic carbocycles. The number of aryl methyl sites for hydroxylation is 1. The van der Waals surface area contributed by atoms with Gasteiger partial charge >= 0.3 is 0 Å². The van der Waals surface area contributed by atoms with Crippen LogP contribution in [0.4, 0.5) is 22.7 Å². The summed E-state index contributed by atoms with van der Waals surface area (Å²) in [7, 11) is 1.62. The molecule has 0 saturated heterocycles. The van der Waals surface area contributed by atoms with Gasteiger partial charge in [0, 0.05) is 67.8 Å². The average Bonchev–Trinajstić information content (AvgIpc) is 1.61. The topological polar surface area (TPSA) is 411 Å². The molecule has 0 aliphatic rings. The van der Waals surface area contributed by atoms with Crippen molar-refractivity contribution in [2.45, 2.75) is 50.0 Å². The van der Waals surface area contributed by atoms with E-state index in [2.05, 4.69) is 117 Å². The van der Waals surface area contributed by atoms with Crippen molar-refractivity contribution in [3.8, 4) is 28.3 Å². The van der Waals surface area contributed by atoms with Crippen LogP contribution in [0.25, 0.3) is 77.6 Å². The van der Waals surface area contributed by atoms with Gasteiger partial charge in [-0.1, -0.05) is 120 Å². The van der Waals surface area contributed by atoms with Gasteiger partial charge in [0.2, 0.25) is 0 Å². The molecule has 119 heavy (non-hydrogen) atoms. The standard InChI is InChI=1S/C23H18N6O2S.C22H18N6O2S.C22H16N6O2S.C17H13N5OS2/c1-14-19(20(29-31-14)16-7-3-2-4-8-16)22(30)27-17-9-5-6-15(10-17)12-32-23-18-11-26-28-21(18)24-13-25-23;1-30-16-5-6-18-14(8-16)9-19(27-18)21(29)26-15-4-2-3-13(7-15)11-31-22-17-10-25-28-20(17)23-12-24-22;29-21(18-19(30-13-25-18)15-6-2-1-3-7-15)27-16-8-4-5-14(9-16)11-31-22-17-10-26-28-20(17)23-12-24-22;23-16(14-5-2-6-24-14)21-12-4-1-3-11(7-12)9-25-17-13-8-20-22-15(13)18-10-19-17/h2-11,13H,12H2,1H3,(H,27,30)(H,24,25,26,28);2-10,12,27H,11H2,1H3,(H,26,29)(H,23,24,25,28);1-10,12-13H,11H2,(H,27,29)(H,23,24,26,28);1-8,10H,9H2,(H,21,23)(H,18,19,20,22). The SMILES string of the molecule is COc1ccc2[nH]c(C(=O)Nc3cccc(CSc4ncnc5[nH]ncc45)c3)cc2c1.Cc1onc(-c2ccccc2)c1C(=O)Nc1cccc(CSc2ncnc3[nH]ncc23)c1.O=C(Nc1cccc(CSc2ncnc3[nH]ncc23)c1)c1cccs1.O=C(Nc1cccc(CSc2ncnc3[nH]ncc23)c1)c1ncoc1-c1ccccc1. The van der Waals surface area contributed by atoms with Crippen molar-refractivity contribution < 1.29 is 32.9 Å². The summed E-state index contributed by atoms with van der Waals surface area (Å²) >= 11 is 7.80. The van der Waals surface area contributed by atoms with E-state index in [1.165, 1.54) is 43.0 Å². The summed E-state index contributed by atoms with van der Waals surface area (Å²) in [5, 5.41) is 53.1. The van der Waals surface area contributed by atoms with Crippen LogP contribution < -0.4 is 26.0 Å². The number of H-pyrrole nitrogens is 5. The van der Waals surface area contributed by atoms with E-state index in [0.717, 1.165) is 120 Å². The lowest BCUT2D eigenvalue weighted by atomic mass is 10.1. The van der Waals surface area contributed by atoms with Crippen LogP contribution >= 0.6 is 58.4 Å². The number of carbonyl (C=O) groups excluding carboxylic acids is 4. The van der Waals surface area contributed by atoms with Crippen LogP contribution in [0, 0.1) is 6.92 Å². The summed E-state index contributed by atoms with van der Waals surface area (Å²) in [6.07, 6.45) is 14.3. The van der Waals surface area contributed by atoms with Gasteiger partial charge in [0.25, 0.3) is 23.6 Å². The molecule has 12 aromatic heterocycles. The van der Waals surface area contributed by atoms with Gasteiger partial charge in [-0.25, -0.2) is 44.9 Å². The number of benzene rings is 7. The van der Waals surface area contributed by atoms with Crippen LogP contribution in [-0.2, 0) is 23.0 Å². The maximum atomic E-state index is 13.1. The molecule has 19 rings (SSSR count). The fourth-order valence-corrected chi connectivity index (χ4v) is 16.4. The number of fused-ring (bicyclic) bond motifs is 5. The lowest BCUT2D eigenvalue weighted by Gasteiger charge is -2.08. The smallest absolute Gasteiger partial charge is 0.278 e. The summed E-state index contributed by atoms with van der Waals surface area (Å²) in [5.41, 5.74) is 14.2. The van der Waals surface area contributed by atoms with E-state index in [1.54, 1.807) is 85.9 Å². The predicted octanol–water partition coefficient (Wildman–Crippen LogP) is 17.8. The number of amides is 4. The molecule has 0 saturated carbocycles. The summed E-state index contributed by atoms with van der Waals surface area (Å²) in [4.78, 5) is 92.7. The molecular formula is C84H65N23O7S5. The van der Waals surface area contributed by atoms with Crippen molar-refractivity contribution in [3.05, 3.63) is 306 Å². The normalized spacial score (nSPS) is 11.0. The second-order valence-electron chi connectivity index (χ2n) is 25.9. The number of hydrogen-bond donors (Lipinski definition) is 9. The Morgan fingerprint density at radius 2 is 0.874 bits per heavy atom. The maximum Gasteiger partial charge on any atom is 0.278 e. The minimum atomic E-state index is -0.326. The highest BCUT2D eigenvalue weighted by molar-refractivity contribution is 7.99. The van der Waals surface area contributed by atoms with Crippen LogP contribution in [0.5, 0.6) is 5.75 Å². The molecule has 19 aromatic rings. The molecule has 30 nitrogen and oxygen atoms in total. The molecule has 35 heteroatoms. The molecule has 0 spiro atoms. The average molecular weight is 1670 g/mol. The van der Waals surface area contributed by atoms with Gasteiger partial charge in [0.05, 0.1) is 58.3 Å². The first kappa shape index (κ1) is 78.4. The monoisotopic (exact) mass is 1670 g/mol. The Morgan fingerprint density at radius 1 is 0.437 bits per heavy atom. The Morgan fingerprint density at radius 3 is 1.32 bits per heavy atom. The van der Waals surface area contributed by atoms with Crippen molar-refractivity contribution in [1.29, 1.82) is 0 Å². The van der Waals surface area contributed by atoms with Gasteiger partial charge in [0.1, 0.15) is 73.9 Å². The number of oxazole rings is 1. The molecule has 0 aliphatic carbocycles. The Balaban J connectivity index is 0.000000119.